The highest BCUT2D eigenvalue weighted by Crippen LogP contribution is 2.32. The molecule has 2 heterocycles. The summed E-state index contributed by atoms with van der Waals surface area (Å²) >= 11 is 0. The largest absolute Gasteiger partial charge is 0.501 e. The topological polar surface area (TPSA) is 109 Å². The lowest BCUT2D eigenvalue weighted by molar-refractivity contribution is 0.206. The zero-order valence-electron chi connectivity index (χ0n) is 14.0. The molecule has 2 aromatic rings. The van der Waals surface area contributed by atoms with Crippen LogP contribution in [0.1, 0.15) is 17.5 Å². The van der Waals surface area contributed by atoms with Crippen LogP contribution in [-0.2, 0) is 15.9 Å². The predicted molar refractivity (Wildman–Crippen MR) is 92.9 cm³/mol. The molecule has 0 spiro atoms. The fraction of sp³-hybridized carbons (Fsp3) is 0.353. The summed E-state index contributed by atoms with van der Waals surface area (Å²) in [5, 5.41) is 0.753. The number of fused-ring (bicyclic) bond motifs is 1. The Morgan fingerprint density at radius 3 is 2.67 bits per heavy atom. The molecule has 1 aliphatic carbocycles. The molecule has 126 valence electrons. The standard InChI is InChI=1S/C17H21N5O2/c1-9-11(6-10-7-12(23-2)4-5-13(10)24-3)8-20-16-14(9)15(18)21-17(19)22-16/h4-5,8,10H,6-7H2,1-3H3,(H4,18,19,20,21,22). The van der Waals surface area contributed by atoms with E-state index < -0.39 is 0 Å². The Balaban J connectivity index is 1.97. The zero-order chi connectivity index (χ0) is 17.3. The smallest absolute Gasteiger partial charge is 0.224 e. The van der Waals surface area contributed by atoms with E-state index in [1.165, 1.54) is 0 Å². The lowest BCUT2D eigenvalue weighted by atomic mass is 9.89. The highest BCUT2D eigenvalue weighted by Gasteiger charge is 2.23. The van der Waals surface area contributed by atoms with E-state index in [0.29, 0.717) is 11.5 Å². The Morgan fingerprint density at radius 1 is 1.17 bits per heavy atom. The molecular formula is C17H21N5O2. The van der Waals surface area contributed by atoms with Crippen molar-refractivity contribution in [1.82, 2.24) is 15.0 Å². The number of hydrogen-bond acceptors (Lipinski definition) is 7. The van der Waals surface area contributed by atoms with Crippen molar-refractivity contribution in [2.24, 2.45) is 5.92 Å². The zero-order valence-corrected chi connectivity index (χ0v) is 14.0. The Hall–Kier alpha value is -2.83. The summed E-state index contributed by atoms with van der Waals surface area (Å²) in [4.78, 5) is 12.6. The number of ether oxygens (including phenoxy) is 2. The van der Waals surface area contributed by atoms with E-state index in [2.05, 4.69) is 15.0 Å². The van der Waals surface area contributed by atoms with E-state index in [1.807, 2.05) is 25.3 Å². The first-order valence-electron chi connectivity index (χ1n) is 7.69. The third kappa shape index (κ3) is 2.84. The second-order valence-corrected chi connectivity index (χ2v) is 5.79. The van der Waals surface area contributed by atoms with Gasteiger partial charge in [-0.05, 0) is 36.6 Å². The summed E-state index contributed by atoms with van der Waals surface area (Å²) in [6.45, 7) is 2.00. The molecule has 2 aromatic heterocycles. The molecule has 0 aromatic carbocycles. The molecule has 3 rings (SSSR count). The van der Waals surface area contributed by atoms with Crippen molar-refractivity contribution in [3.63, 3.8) is 0 Å². The van der Waals surface area contributed by atoms with Crippen molar-refractivity contribution in [3.05, 3.63) is 41.0 Å². The van der Waals surface area contributed by atoms with Crippen LogP contribution in [0.4, 0.5) is 11.8 Å². The fourth-order valence-electron chi connectivity index (χ4n) is 3.09. The second kappa shape index (κ2) is 6.35. The van der Waals surface area contributed by atoms with Crippen LogP contribution in [0.5, 0.6) is 0 Å². The molecule has 24 heavy (non-hydrogen) atoms. The molecule has 1 unspecified atom stereocenters. The number of aryl methyl sites for hydroxylation is 1. The summed E-state index contributed by atoms with van der Waals surface area (Å²) in [7, 11) is 3.37. The molecule has 0 aliphatic heterocycles. The molecule has 4 N–H and O–H groups in total. The third-order valence-electron chi connectivity index (χ3n) is 4.38. The number of nitrogen functional groups attached to an aromatic ring is 2. The number of aromatic nitrogens is 3. The molecule has 0 saturated heterocycles. The van der Waals surface area contributed by atoms with Crippen molar-refractivity contribution in [2.45, 2.75) is 19.8 Å². The minimum atomic E-state index is 0.131. The number of nitrogens with zero attached hydrogens (tertiary/aromatic N) is 3. The van der Waals surface area contributed by atoms with E-state index in [9.17, 15) is 0 Å². The van der Waals surface area contributed by atoms with Crippen molar-refractivity contribution in [2.75, 3.05) is 25.7 Å². The van der Waals surface area contributed by atoms with Gasteiger partial charge >= 0.3 is 0 Å². The second-order valence-electron chi connectivity index (χ2n) is 5.79. The van der Waals surface area contributed by atoms with Gasteiger partial charge in [0.2, 0.25) is 5.95 Å². The molecule has 1 aliphatic rings. The van der Waals surface area contributed by atoms with Crippen molar-refractivity contribution in [3.8, 4) is 0 Å². The minimum Gasteiger partial charge on any atom is -0.501 e. The minimum absolute atomic E-state index is 0.131. The molecular weight excluding hydrogens is 306 g/mol. The quantitative estimate of drug-likeness (QED) is 0.885. The molecule has 7 nitrogen and oxygen atoms in total. The maximum atomic E-state index is 6.02. The van der Waals surface area contributed by atoms with Crippen LogP contribution in [0.15, 0.2) is 29.9 Å². The first-order valence-corrected chi connectivity index (χ1v) is 7.69. The Morgan fingerprint density at radius 2 is 1.96 bits per heavy atom. The fourth-order valence-corrected chi connectivity index (χ4v) is 3.09. The Labute approximate surface area is 140 Å². The van der Waals surface area contributed by atoms with Gasteiger partial charge in [-0.2, -0.15) is 9.97 Å². The van der Waals surface area contributed by atoms with Gasteiger partial charge in [-0.3, -0.25) is 0 Å². The van der Waals surface area contributed by atoms with E-state index >= 15 is 0 Å². The third-order valence-corrected chi connectivity index (χ3v) is 4.38. The number of rotatable bonds is 4. The van der Waals surface area contributed by atoms with Gasteiger partial charge in [-0.25, -0.2) is 4.98 Å². The van der Waals surface area contributed by atoms with Gasteiger partial charge in [0.15, 0.2) is 5.65 Å². The van der Waals surface area contributed by atoms with E-state index in [1.54, 1.807) is 14.2 Å². The normalized spacial score (nSPS) is 17.4. The summed E-state index contributed by atoms with van der Waals surface area (Å²) in [5.74, 6) is 2.53. The first-order chi connectivity index (χ1) is 11.5. The number of pyridine rings is 1. The van der Waals surface area contributed by atoms with Crippen LogP contribution >= 0.6 is 0 Å². The van der Waals surface area contributed by atoms with Crippen LogP contribution in [0.25, 0.3) is 11.0 Å². The van der Waals surface area contributed by atoms with Gasteiger partial charge in [-0.15, -0.1) is 0 Å². The van der Waals surface area contributed by atoms with Gasteiger partial charge in [0, 0.05) is 18.5 Å². The maximum Gasteiger partial charge on any atom is 0.224 e. The van der Waals surface area contributed by atoms with Gasteiger partial charge < -0.3 is 20.9 Å². The Kier molecular flexibility index (Phi) is 4.24. The van der Waals surface area contributed by atoms with Gasteiger partial charge in [-0.1, -0.05) is 0 Å². The van der Waals surface area contributed by atoms with Crippen molar-refractivity contribution >= 4 is 22.8 Å². The predicted octanol–water partition coefficient (Wildman–Crippen LogP) is 2.12. The number of hydrogen-bond donors (Lipinski definition) is 2. The lowest BCUT2D eigenvalue weighted by Gasteiger charge is -2.24. The van der Waals surface area contributed by atoms with E-state index in [0.717, 1.165) is 40.9 Å². The van der Waals surface area contributed by atoms with Crippen LogP contribution in [0, 0.1) is 12.8 Å². The van der Waals surface area contributed by atoms with Gasteiger partial charge in [0.1, 0.15) is 5.82 Å². The molecule has 1 atom stereocenters. The van der Waals surface area contributed by atoms with Crippen molar-refractivity contribution in [1.29, 1.82) is 0 Å². The molecule has 0 saturated carbocycles. The van der Waals surface area contributed by atoms with Crippen LogP contribution in [-0.4, -0.2) is 29.2 Å². The summed E-state index contributed by atoms with van der Waals surface area (Å²) < 4.78 is 10.9. The number of methoxy groups -OCH3 is 2. The van der Waals surface area contributed by atoms with Crippen LogP contribution in [0.3, 0.4) is 0 Å². The average Bonchev–Trinajstić information content (AvgIpc) is 2.56. The van der Waals surface area contributed by atoms with E-state index in [-0.39, 0.29) is 11.9 Å². The number of allylic oxidation sites excluding steroid dienone is 4. The average molecular weight is 327 g/mol. The summed E-state index contributed by atoms with van der Waals surface area (Å²) in [6, 6.07) is 0. The Bertz CT molecular complexity index is 844. The number of anilines is 2. The highest BCUT2D eigenvalue weighted by atomic mass is 16.5. The lowest BCUT2D eigenvalue weighted by Crippen LogP contribution is -2.15. The molecule has 0 bridgehead atoms. The monoisotopic (exact) mass is 327 g/mol. The molecule has 0 radical (unpaired) electrons. The first kappa shape index (κ1) is 16.0. The molecule has 0 fully saturated rings. The summed E-state index contributed by atoms with van der Waals surface area (Å²) in [6.07, 6.45) is 7.26. The van der Waals surface area contributed by atoms with Crippen LogP contribution < -0.4 is 11.5 Å². The van der Waals surface area contributed by atoms with Crippen LogP contribution in [0.2, 0.25) is 0 Å². The maximum absolute atomic E-state index is 6.02. The van der Waals surface area contributed by atoms with Gasteiger partial charge in [0.05, 0.1) is 31.1 Å². The highest BCUT2D eigenvalue weighted by molar-refractivity contribution is 5.89. The summed E-state index contributed by atoms with van der Waals surface area (Å²) in [5.41, 5.74) is 14.3. The molecule has 7 heteroatoms. The van der Waals surface area contributed by atoms with E-state index in [4.69, 9.17) is 20.9 Å². The SMILES string of the molecule is COC1=CC=C(OC)C(Cc2cnc3nc(N)nc(N)c3c2C)C1. The molecule has 0 amide bonds. The van der Waals surface area contributed by atoms with Crippen molar-refractivity contribution < 1.29 is 9.47 Å². The van der Waals surface area contributed by atoms with Gasteiger partial charge in [0.25, 0.3) is 0 Å². The number of nitrogens with two attached hydrogens (primary N) is 2.